The molecule has 3 aromatic rings. The number of anilines is 3. The van der Waals surface area contributed by atoms with Crippen molar-refractivity contribution in [1.82, 2.24) is 0 Å². The summed E-state index contributed by atoms with van der Waals surface area (Å²) in [5.74, 6) is 0. The molecule has 0 amide bonds. The summed E-state index contributed by atoms with van der Waals surface area (Å²) in [6.45, 7) is 11.4. The molecule has 0 atom stereocenters. The van der Waals surface area contributed by atoms with E-state index in [4.69, 9.17) is 0 Å². The van der Waals surface area contributed by atoms with Gasteiger partial charge in [0.2, 0.25) is 0 Å². The van der Waals surface area contributed by atoms with Gasteiger partial charge in [0, 0.05) is 59.3 Å². The SMILES string of the molecule is [CH2-]c1ccc(N(C)C)cc1.[CH2-]c1ccc(N(C)C)cc1.[CH2-]c1ccc(N(C)C)cc1.[Sc+3]. The Morgan fingerprint density at radius 3 is 0.677 bits per heavy atom. The van der Waals surface area contributed by atoms with Crippen molar-refractivity contribution in [2.75, 3.05) is 57.0 Å². The predicted molar refractivity (Wildman–Crippen MR) is 136 cm³/mol. The van der Waals surface area contributed by atoms with Crippen molar-refractivity contribution >= 4 is 17.1 Å². The van der Waals surface area contributed by atoms with Gasteiger partial charge in [-0.25, -0.2) is 0 Å². The molecule has 0 aromatic heterocycles. The van der Waals surface area contributed by atoms with Crippen molar-refractivity contribution in [1.29, 1.82) is 0 Å². The van der Waals surface area contributed by atoms with Crippen LogP contribution in [0.2, 0.25) is 0 Å². The first kappa shape index (κ1) is 28.5. The van der Waals surface area contributed by atoms with E-state index in [9.17, 15) is 0 Å². The molecule has 0 aliphatic rings. The van der Waals surface area contributed by atoms with Crippen LogP contribution in [0.5, 0.6) is 0 Å². The fourth-order valence-electron chi connectivity index (χ4n) is 2.38. The molecule has 31 heavy (non-hydrogen) atoms. The Labute approximate surface area is 209 Å². The molecule has 3 aromatic carbocycles. The smallest absolute Gasteiger partial charge is 0.379 e. The summed E-state index contributed by atoms with van der Waals surface area (Å²) in [5, 5.41) is 0. The van der Waals surface area contributed by atoms with Crippen molar-refractivity contribution in [2.45, 2.75) is 0 Å². The van der Waals surface area contributed by atoms with Crippen molar-refractivity contribution in [3.8, 4) is 0 Å². The molecule has 4 heteroatoms. The van der Waals surface area contributed by atoms with E-state index < -0.39 is 0 Å². The van der Waals surface area contributed by atoms with Crippen molar-refractivity contribution < 1.29 is 25.8 Å². The molecule has 0 aliphatic heterocycles. The first-order chi connectivity index (χ1) is 14.1. The van der Waals surface area contributed by atoms with Crippen LogP contribution in [0.3, 0.4) is 0 Å². The van der Waals surface area contributed by atoms with Gasteiger partial charge in [-0.3, -0.25) is 0 Å². The van der Waals surface area contributed by atoms with Gasteiger partial charge < -0.3 is 14.7 Å². The largest absolute Gasteiger partial charge is 3.00 e. The Morgan fingerprint density at radius 1 is 0.387 bits per heavy atom. The summed E-state index contributed by atoms with van der Waals surface area (Å²) < 4.78 is 0. The van der Waals surface area contributed by atoms with E-state index in [1.54, 1.807) is 0 Å². The van der Waals surface area contributed by atoms with E-state index >= 15 is 0 Å². The van der Waals surface area contributed by atoms with E-state index in [-0.39, 0.29) is 25.8 Å². The second-order valence-corrected chi connectivity index (χ2v) is 7.68. The average molecular weight is 448 g/mol. The summed E-state index contributed by atoms with van der Waals surface area (Å²) in [6.07, 6.45) is 0. The topological polar surface area (TPSA) is 9.72 Å². The second-order valence-electron chi connectivity index (χ2n) is 7.68. The molecule has 0 saturated heterocycles. The molecule has 0 heterocycles. The zero-order valence-corrected chi connectivity index (χ0v) is 21.8. The summed E-state index contributed by atoms with van der Waals surface area (Å²) in [4.78, 5) is 6.21. The molecule has 0 spiro atoms. The molecule has 0 bridgehead atoms. The maximum atomic E-state index is 3.80. The third-order valence-corrected chi connectivity index (χ3v) is 4.36. The molecular weight excluding hydrogens is 411 g/mol. The van der Waals surface area contributed by atoms with E-state index in [1.165, 1.54) is 17.1 Å². The summed E-state index contributed by atoms with van der Waals surface area (Å²) >= 11 is 0. The number of hydrogen-bond acceptors (Lipinski definition) is 3. The standard InChI is InChI=1S/3C9H12N.Sc/c3*1-8-4-6-9(7-5-8)10(2)3;/h3*4-7H,1H2,2-3H3;/q3*-1;+3. The average Bonchev–Trinajstić information content (AvgIpc) is 2.70. The first-order valence-electron chi connectivity index (χ1n) is 9.88. The van der Waals surface area contributed by atoms with Gasteiger partial charge in [0.15, 0.2) is 0 Å². The van der Waals surface area contributed by atoms with Crippen LogP contribution >= 0.6 is 0 Å². The minimum atomic E-state index is 0. The maximum Gasteiger partial charge on any atom is 3.00 e. The molecule has 0 unspecified atom stereocenters. The summed E-state index contributed by atoms with van der Waals surface area (Å²) in [6, 6.07) is 24.4. The third-order valence-electron chi connectivity index (χ3n) is 4.36. The fraction of sp³-hybridized carbons (Fsp3) is 0.222. The monoisotopic (exact) mass is 447 g/mol. The third kappa shape index (κ3) is 11.5. The van der Waals surface area contributed by atoms with Crippen LogP contribution in [0.15, 0.2) is 72.8 Å². The van der Waals surface area contributed by atoms with Crippen LogP contribution in [0.4, 0.5) is 17.1 Å². The van der Waals surface area contributed by atoms with E-state index in [2.05, 4.69) is 71.9 Å². The van der Waals surface area contributed by atoms with E-state index in [0.29, 0.717) is 0 Å². The quantitative estimate of drug-likeness (QED) is 0.470. The summed E-state index contributed by atoms with van der Waals surface area (Å²) in [7, 11) is 12.2. The van der Waals surface area contributed by atoms with Crippen LogP contribution in [0.25, 0.3) is 0 Å². The molecule has 3 rings (SSSR count). The number of hydrogen-bond donors (Lipinski definition) is 0. The van der Waals surface area contributed by atoms with Gasteiger partial charge in [0.1, 0.15) is 0 Å². The van der Waals surface area contributed by atoms with Crippen molar-refractivity contribution in [3.05, 3.63) is 110 Å². The van der Waals surface area contributed by atoms with Crippen LogP contribution < -0.4 is 14.7 Å². The van der Waals surface area contributed by atoms with Crippen LogP contribution in [0.1, 0.15) is 16.7 Å². The molecule has 0 radical (unpaired) electrons. The van der Waals surface area contributed by atoms with Crippen LogP contribution in [-0.2, 0) is 25.8 Å². The van der Waals surface area contributed by atoms with Crippen molar-refractivity contribution in [2.24, 2.45) is 0 Å². The maximum absolute atomic E-state index is 3.80. The Balaban J connectivity index is 0.000000429. The zero-order valence-electron chi connectivity index (χ0n) is 20.0. The van der Waals surface area contributed by atoms with Gasteiger partial charge in [-0.05, 0) is 0 Å². The number of nitrogens with zero attached hydrogens (tertiary/aromatic N) is 3. The Kier molecular flexibility index (Phi) is 13.4. The Morgan fingerprint density at radius 2 is 0.548 bits per heavy atom. The molecule has 0 saturated carbocycles. The predicted octanol–water partition coefficient (Wildman–Crippen LogP) is 5.80. The number of rotatable bonds is 3. The van der Waals surface area contributed by atoms with E-state index in [0.717, 1.165) is 16.7 Å². The fourth-order valence-corrected chi connectivity index (χ4v) is 2.38. The first-order valence-corrected chi connectivity index (χ1v) is 9.88. The Bertz CT molecular complexity index is 719. The molecule has 0 aliphatic carbocycles. The van der Waals surface area contributed by atoms with Gasteiger partial charge in [-0.2, -0.15) is 73.9 Å². The summed E-state index contributed by atoms with van der Waals surface area (Å²) in [5.41, 5.74) is 6.83. The minimum Gasteiger partial charge on any atom is -0.379 e. The molecule has 0 fully saturated rings. The van der Waals surface area contributed by atoms with Gasteiger partial charge in [0.05, 0.1) is 0 Å². The zero-order chi connectivity index (χ0) is 22.7. The van der Waals surface area contributed by atoms with Crippen LogP contribution in [0, 0.1) is 20.8 Å². The molecule has 162 valence electrons. The van der Waals surface area contributed by atoms with Gasteiger partial charge >= 0.3 is 25.8 Å². The normalized spacial score (nSPS) is 9.10. The second kappa shape index (κ2) is 14.5. The molecular formula is C27H36N3Sc. The minimum absolute atomic E-state index is 0. The van der Waals surface area contributed by atoms with Gasteiger partial charge in [-0.1, -0.05) is 36.4 Å². The Hall–Kier alpha value is -2.46. The molecule has 3 nitrogen and oxygen atoms in total. The van der Waals surface area contributed by atoms with Crippen LogP contribution in [-0.4, -0.2) is 42.3 Å². The van der Waals surface area contributed by atoms with E-state index in [1.807, 2.05) is 78.7 Å². The molecule has 0 N–H and O–H groups in total. The number of benzene rings is 3. The van der Waals surface area contributed by atoms with Gasteiger partial charge in [-0.15, -0.1) is 0 Å². The van der Waals surface area contributed by atoms with Gasteiger partial charge in [0.25, 0.3) is 0 Å². The van der Waals surface area contributed by atoms with Crippen molar-refractivity contribution in [3.63, 3.8) is 0 Å².